The largest absolute Gasteiger partial charge is 0.500 e. The fraction of sp³-hybridized carbons (Fsp3) is 0.562. The van der Waals surface area contributed by atoms with Crippen LogP contribution in [0.3, 0.4) is 0 Å². The van der Waals surface area contributed by atoms with Crippen LogP contribution in [0.5, 0.6) is 0 Å². The molecule has 0 aromatic heterocycles. The molecule has 0 radical (unpaired) electrons. The Labute approximate surface area is 256 Å². The van der Waals surface area contributed by atoms with Gasteiger partial charge in [-0.1, -0.05) is 60.7 Å². The highest BCUT2D eigenvalue weighted by atomic mass is 28.4. The molecule has 2 aromatic carbocycles. The predicted octanol–water partition coefficient (Wildman–Crippen LogP) is 6.84. The molecule has 0 aliphatic heterocycles. The van der Waals surface area contributed by atoms with E-state index in [-0.39, 0.29) is 0 Å². The van der Waals surface area contributed by atoms with Crippen molar-refractivity contribution in [3.8, 4) is 0 Å². The molecule has 0 fully saturated rings. The lowest BCUT2D eigenvalue weighted by molar-refractivity contribution is 0.0702. The molecule has 2 aromatic rings. The summed E-state index contributed by atoms with van der Waals surface area (Å²) >= 11 is 0. The van der Waals surface area contributed by atoms with E-state index in [1.165, 1.54) is 0 Å². The minimum Gasteiger partial charge on any atom is -0.374 e. The zero-order chi connectivity index (χ0) is 30.5. The lowest BCUT2D eigenvalue weighted by Crippen LogP contribution is -2.46. The third-order valence-corrected chi connectivity index (χ3v) is 12.6. The second-order valence-corrected chi connectivity index (χ2v) is 14.8. The summed E-state index contributed by atoms with van der Waals surface area (Å²) in [6.07, 6.45) is 1.58. The lowest BCUT2D eigenvalue weighted by atomic mass is 9.99. The zero-order valence-corrected chi connectivity index (χ0v) is 28.6. The van der Waals surface area contributed by atoms with Gasteiger partial charge in [-0.15, -0.1) is 0 Å². The highest BCUT2D eigenvalue weighted by Gasteiger charge is 2.40. The van der Waals surface area contributed by atoms with E-state index in [0.717, 1.165) is 35.4 Å². The Balaban J connectivity index is 2.36. The van der Waals surface area contributed by atoms with Gasteiger partial charge in [0.1, 0.15) is 0 Å². The average molecular weight is 617 g/mol. The molecule has 2 rings (SSSR count). The summed E-state index contributed by atoms with van der Waals surface area (Å²) in [4.78, 5) is 10.3. The molecule has 234 valence electrons. The van der Waals surface area contributed by atoms with Gasteiger partial charge in [-0.2, -0.15) is 0 Å². The minimum absolute atomic E-state index is 0.565. The first-order chi connectivity index (χ1) is 20.5. The molecule has 0 saturated heterocycles. The van der Waals surface area contributed by atoms with Crippen molar-refractivity contribution in [3.63, 3.8) is 0 Å². The van der Waals surface area contributed by atoms with E-state index in [1.807, 2.05) is 77.9 Å². The van der Waals surface area contributed by atoms with Crippen molar-refractivity contribution in [1.29, 1.82) is 0 Å². The molecule has 0 N–H and O–H groups in total. The number of nitrogens with zero attached hydrogens (tertiary/aromatic N) is 2. The Morgan fingerprint density at radius 1 is 0.476 bits per heavy atom. The molecule has 42 heavy (non-hydrogen) atoms. The van der Waals surface area contributed by atoms with Crippen molar-refractivity contribution in [2.75, 3.05) is 52.7 Å². The minimum atomic E-state index is -2.73. The third-order valence-electron chi connectivity index (χ3n) is 6.33. The van der Waals surface area contributed by atoms with Crippen molar-refractivity contribution in [2.24, 2.45) is 9.98 Å². The highest BCUT2D eigenvalue weighted by molar-refractivity contribution is 6.61. The van der Waals surface area contributed by atoms with Crippen molar-refractivity contribution in [1.82, 2.24) is 0 Å². The van der Waals surface area contributed by atoms with Gasteiger partial charge >= 0.3 is 17.6 Å². The van der Waals surface area contributed by atoms with Crippen LogP contribution in [0.15, 0.2) is 70.6 Å². The van der Waals surface area contributed by atoms with E-state index >= 15 is 0 Å². The SMILES string of the molecule is CCO[Si](CCCN=C(C(=NCCC[Si](OCC)(OCC)OCC)c1ccccc1)c1ccccc1)(OCC)OCC. The standard InChI is InChI=1S/C32H52N2O6Si2/c1-7-35-41(36-8-2,37-9-3)27-19-25-33-31(29-21-15-13-16-22-29)32(30-23-17-14-18-24-30)34-26-20-28-42(38-10-4,39-11-5)40-12-6/h13-18,21-24H,7-12,19-20,25-28H2,1-6H3. The molecule has 0 unspecified atom stereocenters. The summed E-state index contributed by atoms with van der Waals surface area (Å²) in [6, 6.07) is 22.0. The Morgan fingerprint density at radius 3 is 1.02 bits per heavy atom. The van der Waals surface area contributed by atoms with Gasteiger partial charge in [-0.25, -0.2) is 0 Å². The molecule has 0 bridgehead atoms. The van der Waals surface area contributed by atoms with Crippen LogP contribution < -0.4 is 0 Å². The molecule has 0 atom stereocenters. The topological polar surface area (TPSA) is 80.1 Å². The van der Waals surface area contributed by atoms with E-state index in [2.05, 4.69) is 24.3 Å². The Kier molecular flexibility index (Phi) is 17.9. The van der Waals surface area contributed by atoms with Crippen molar-refractivity contribution in [2.45, 2.75) is 66.5 Å². The first-order valence-electron chi connectivity index (χ1n) is 15.6. The number of hydrogen-bond acceptors (Lipinski definition) is 8. The third kappa shape index (κ3) is 11.9. The van der Waals surface area contributed by atoms with Gasteiger partial charge < -0.3 is 26.6 Å². The van der Waals surface area contributed by atoms with Gasteiger partial charge in [0.25, 0.3) is 0 Å². The molecular formula is C32H52N2O6Si2. The van der Waals surface area contributed by atoms with Crippen LogP contribution in [0.25, 0.3) is 0 Å². The zero-order valence-electron chi connectivity index (χ0n) is 26.6. The summed E-state index contributed by atoms with van der Waals surface area (Å²) in [5, 5.41) is 0. The van der Waals surface area contributed by atoms with Gasteiger partial charge in [0.05, 0.1) is 11.4 Å². The molecule has 0 aliphatic rings. The van der Waals surface area contributed by atoms with Crippen LogP contribution >= 0.6 is 0 Å². The normalized spacial score (nSPS) is 13.1. The molecule has 0 aliphatic carbocycles. The predicted molar refractivity (Wildman–Crippen MR) is 176 cm³/mol. The number of rotatable bonds is 23. The van der Waals surface area contributed by atoms with Crippen molar-refractivity contribution in [3.05, 3.63) is 71.8 Å². The first-order valence-corrected chi connectivity index (χ1v) is 19.4. The van der Waals surface area contributed by atoms with Gasteiger partial charge in [0.2, 0.25) is 0 Å². The van der Waals surface area contributed by atoms with Gasteiger partial charge in [-0.05, 0) is 54.4 Å². The van der Waals surface area contributed by atoms with Crippen LogP contribution in [0, 0.1) is 0 Å². The maximum atomic E-state index is 6.06. The van der Waals surface area contributed by atoms with E-state index in [4.69, 9.17) is 36.5 Å². The molecule has 0 saturated carbocycles. The van der Waals surface area contributed by atoms with Gasteiger partial charge in [0.15, 0.2) is 0 Å². The molecule has 0 amide bonds. The lowest BCUT2D eigenvalue weighted by Gasteiger charge is -2.28. The number of hydrogen-bond donors (Lipinski definition) is 0. The maximum Gasteiger partial charge on any atom is 0.500 e. The van der Waals surface area contributed by atoms with E-state index < -0.39 is 17.6 Å². The quantitative estimate of drug-likeness (QED) is 0.0773. The van der Waals surface area contributed by atoms with Crippen LogP contribution in [0.1, 0.15) is 65.5 Å². The van der Waals surface area contributed by atoms with Crippen molar-refractivity contribution >= 4 is 29.0 Å². The summed E-state index contributed by atoms with van der Waals surface area (Å²) in [5.41, 5.74) is 3.82. The smallest absolute Gasteiger partial charge is 0.374 e. The number of benzene rings is 2. The summed E-state index contributed by atoms with van der Waals surface area (Å²) in [5.74, 6) is 0. The Bertz CT molecular complexity index is 922. The Morgan fingerprint density at radius 2 is 0.762 bits per heavy atom. The number of aliphatic imine (C=N–C) groups is 2. The highest BCUT2D eigenvalue weighted by Crippen LogP contribution is 2.20. The molecule has 0 spiro atoms. The molecule has 8 nitrogen and oxygen atoms in total. The van der Waals surface area contributed by atoms with Crippen LogP contribution in [-0.4, -0.2) is 81.8 Å². The van der Waals surface area contributed by atoms with Crippen LogP contribution in [0.2, 0.25) is 12.1 Å². The molecular weight excluding hydrogens is 565 g/mol. The summed E-state index contributed by atoms with van der Waals surface area (Å²) in [6.45, 7) is 16.5. The van der Waals surface area contributed by atoms with Crippen molar-refractivity contribution < 1.29 is 26.6 Å². The monoisotopic (exact) mass is 616 g/mol. The second-order valence-electron chi connectivity index (χ2n) is 9.36. The van der Waals surface area contributed by atoms with Gasteiger partial charge in [-0.3, -0.25) is 9.98 Å². The van der Waals surface area contributed by atoms with Crippen LogP contribution in [0.4, 0.5) is 0 Å². The summed E-state index contributed by atoms with van der Waals surface area (Å²) in [7, 11) is -5.47. The average Bonchev–Trinajstić information content (AvgIpc) is 2.99. The molecule has 0 heterocycles. The van der Waals surface area contributed by atoms with Crippen LogP contribution in [-0.2, 0) is 26.6 Å². The van der Waals surface area contributed by atoms with E-state index in [9.17, 15) is 0 Å². The first kappa shape index (κ1) is 36.2. The summed E-state index contributed by atoms with van der Waals surface area (Å²) < 4.78 is 36.4. The fourth-order valence-corrected chi connectivity index (χ4v) is 9.96. The maximum absolute atomic E-state index is 6.06. The Hall–Kier alpha value is -2.03. The van der Waals surface area contributed by atoms with Gasteiger partial charge in [0, 0.05) is 75.9 Å². The fourth-order valence-electron chi connectivity index (χ4n) is 4.77. The molecule has 10 heteroatoms. The van der Waals surface area contributed by atoms with E-state index in [1.54, 1.807) is 0 Å². The van der Waals surface area contributed by atoms with E-state index in [0.29, 0.717) is 64.8 Å². The second kappa shape index (κ2) is 20.8.